The van der Waals surface area contributed by atoms with Crippen molar-refractivity contribution in [3.63, 3.8) is 0 Å². The predicted octanol–water partition coefficient (Wildman–Crippen LogP) is 2.17. The van der Waals surface area contributed by atoms with E-state index in [4.69, 9.17) is 14.2 Å². The smallest absolute Gasteiger partial charge is 0.161 e. The summed E-state index contributed by atoms with van der Waals surface area (Å²) >= 11 is 0. The molecule has 1 heterocycles. The zero-order valence-corrected chi connectivity index (χ0v) is 12.2. The Morgan fingerprint density at radius 1 is 1.21 bits per heavy atom. The molecule has 0 atom stereocenters. The van der Waals surface area contributed by atoms with Gasteiger partial charge in [0.05, 0.1) is 27.4 Å². The van der Waals surface area contributed by atoms with Crippen LogP contribution < -0.4 is 9.47 Å². The maximum atomic E-state index is 5.33. The first kappa shape index (κ1) is 14.2. The van der Waals surface area contributed by atoms with E-state index in [1.54, 1.807) is 14.2 Å². The van der Waals surface area contributed by atoms with Crippen molar-refractivity contribution in [3.8, 4) is 11.5 Å². The molecule has 0 unspecified atom stereocenters. The van der Waals surface area contributed by atoms with Crippen LogP contribution in [0.1, 0.15) is 12.5 Å². The van der Waals surface area contributed by atoms with Crippen LogP contribution in [0.3, 0.4) is 0 Å². The Hall–Kier alpha value is -1.26. The third-order valence-corrected chi connectivity index (χ3v) is 3.45. The number of hydrogen-bond donors (Lipinski definition) is 0. The zero-order chi connectivity index (χ0) is 13.9. The van der Waals surface area contributed by atoms with Crippen molar-refractivity contribution in [2.45, 2.75) is 13.5 Å². The Morgan fingerprint density at radius 2 is 1.89 bits per heavy atom. The second-order valence-electron chi connectivity index (χ2n) is 5.67. The summed E-state index contributed by atoms with van der Waals surface area (Å²) in [6, 6.07) is 6.07. The van der Waals surface area contributed by atoms with Crippen molar-refractivity contribution in [2.75, 3.05) is 41.0 Å². The van der Waals surface area contributed by atoms with Crippen LogP contribution >= 0.6 is 0 Å². The summed E-state index contributed by atoms with van der Waals surface area (Å²) in [5, 5.41) is 0. The molecular formula is C15H23NO3. The molecule has 2 rings (SSSR count). The third-order valence-electron chi connectivity index (χ3n) is 3.45. The fourth-order valence-corrected chi connectivity index (χ4v) is 2.54. The van der Waals surface area contributed by atoms with Gasteiger partial charge in [0.2, 0.25) is 0 Å². The van der Waals surface area contributed by atoms with E-state index in [1.807, 2.05) is 12.1 Å². The van der Waals surface area contributed by atoms with Crippen LogP contribution in [-0.4, -0.2) is 45.9 Å². The molecule has 1 aromatic rings. The molecule has 4 nitrogen and oxygen atoms in total. The maximum Gasteiger partial charge on any atom is 0.161 e. The fourth-order valence-electron chi connectivity index (χ4n) is 2.54. The zero-order valence-electron chi connectivity index (χ0n) is 12.2. The summed E-state index contributed by atoms with van der Waals surface area (Å²) in [5.74, 6) is 1.56. The molecule has 0 amide bonds. The molecule has 1 aliphatic rings. The standard InChI is InChI=1S/C15H23NO3/c1-15(10-19-11-15)9-16(2)8-12-5-6-13(17-3)14(7-12)18-4/h5-7H,8-11H2,1-4H3. The minimum absolute atomic E-state index is 0.311. The quantitative estimate of drug-likeness (QED) is 0.789. The summed E-state index contributed by atoms with van der Waals surface area (Å²) < 4.78 is 15.9. The van der Waals surface area contributed by atoms with E-state index in [-0.39, 0.29) is 0 Å². The number of hydrogen-bond acceptors (Lipinski definition) is 4. The molecule has 1 fully saturated rings. The molecule has 4 heteroatoms. The van der Waals surface area contributed by atoms with Gasteiger partial charge in [0.15, 0.2) is 11.5 Å². The fraction of sp³-hybridized carbons (Fsp3) is 0.600. The third kappa shape index (κ3) is 3.39. The first-order valence-corrected chi connectivity index (χ1v) is 6.53. The van der Waals surface area contributed by atoms with E-state index in [2.05, 4.69) is 24.9 Å². The van der Waals surface area contributed by atoms with Gasteiger partial charge in [0.25, 0.3) is 0 Å². The molecule has 0 aromatic heterocycles. The van der Waals surface area contributed by atoms with Gasteiger partial charge in [-0.2, -0.15) is 0 Å². The van der Waals surface area contributed by atoms with Gasteiger partial charge in [0.1, 0.15) is 0 Å². The first-order chi connectivity index (χ1) is 9.06. The molecule has 1 aromatic carbocycles. The average Bonchev–Trinajstić information content (AvgIpc) is 2.36. The van der Waals surface area contributed by atoms with E-state index in [9.17, 15) is 0 Å². The van der Waals surface area contributed by atoms with Crippen molar-refractivity contribution in [1.29, 1.82) is 0 Å². The molecule has 19 heavy (non-hydrogen) atoms. The number of ether oxygens (including phenoxy) is 3. The van der Waals surface area contributed by atoms with Crippen LogP contribution in [0.25, 0.3) is 0 Å². The SMILES string of the molecule is COc1ccc(CN(C)CC2(C)COC2)cc1OC. The van der Waals surface area contributed by atoms with Gasteiger partial charge < -0.3 is 19.1 Å². The summed E-state index contributed by atoms with van der Waals surface area (Å²) in [4.78, 5) is 2.32. The number of nitrogens with zero attached hydrogens (tertiary/aromatic N) is 1. The van der Waals surface area contributed by atoms with Gasteiger partial charge in [-0.05, 0) is 24.7 Å². The molecular weight excluding hydrogens is 242 g/mol. The van der Waals surface area contributed by atoms with Crippen LogP contribution in [0, 0.1) is 5.41 Å². The van der Waals surface area contributed by atoms with Crippen molar-refractivity contribution >= 4 is 0 Å². The van der Waals surface area contributed by atoms with Crippen molar-refractivity contribution in [3.05, 3.63) is 23.8 Å². The van der Waals surface area contributed by atoms with Gasteiger partial charge in [-0.25, -0.2) is 0 Å². The van der Waals surface area contributed by atoms with Crippen LogP contribution in [-0.2, 0) is 11.3 Å². The highest BCUT2D eigenvalue weighted by Gasteiger charge is 2.34. The minimum Gasteiger partial charge on any atom is -0.493 e. The summed E-state index contributed by atoms with van der Waals surface area (Å²) in [5.41, 5.74) is 1.54. The van der Waals surface area contributed by atoms with Crippen molar-refractivity contribution < 1.29 is 14.2 Å². The van der Waals surface area contributed by atoms with E-state index in [0.29, 0.717) is 5.41 Å². The lowest BCUT2D eigenvalue weighted by Gasteiger charge is -2.40. The molecule has 1 aliphatic heterocycles. The molecule has 0 aliphatic carbocycles. The van der Waals surface area contributed by atoms with Gasteiger partial charge >= 0.3 is 0 Å². The highest BCUT2D eigenvalue weighted by Crippen LogP contribution is 2.30. The Bertz CT molecular complexity index is 429. The number of methoxy groups -OCH3 is 2. The highest BCUT2D eigenvalue weighted by atomic mass is 16.5. The minimum atomic E-state index is 0.311. The summed E-state index contributed by atoms with van der Waals surface area (Å²) in [7, 11) is 5.46. The van der Waals surface area contributed by atoms with Crippen molar-refractivity contribution in [1.82, 2.24) is 4.90 Å². The van der Waals surface area contributed by atoms with Gasteiger partial charge in [-0.1, -0.05) is 13.0 Å². The monoisotopic (exact) mass is 265 g/mol. The topological polar surface area (TPSA) is 30.9 Å². The molecule has 0 bridgehead atoms. The van der Waals surface area contributed by atoms with E-state index >= 15 is 0 Å². The Kier molecular flexibility index (Phi) is 4.32. The van der Waals surface area contributed by atoms with E-state index < -0.39 is 0 Å². The van der Waals surface area contributed by atoms with Crippen LogP contribution in [0.4, 0.5) is 0 Å². The predicted molar refractivity (Wildman–Crippen MR) is 74.8 cm³/mol. The Balaban J connectivity index is 1.98. The first-order valence-electron chi connectivity index (χ1n) is 6.53. The Labute approximate surface area is 115 Å². The van der Waals surface area contributed by atoms with Gasteiger partial charge in [-0.3, -0.25) is 0 Å². The van der Waals surface area contributed by atoms with E-state index in [0.717, 1.165) is 37.8 Å². The van der Waals surface area contributed by atoms with Gasteiger partial charge in [-0.15, -0.1) is 0 Å². The largest absolute Gasteiger partial charge is 0.493 e. The second-order valence-corrected chi connectivity index (χ2v) is 5.67. The molecule has 1 saturated heterocycles. The number of rotatable bonds is 6. The average molecular weight is 265 g/mol. The van der Waals surface area contributed by atoms with Crippen molar-refractivity contribution in [2.24, 2.45) is 5.41 Å². The second kappa shape index (κ2) is 5.80. The molecule has 0 radical (unpaired) electrons. The lowest BCUT2D eigenvalue weighted by atomic mass is 9.88. The number of benzene rings is 1. The molecule has 0 saturated carbocycles. The molecule has 106 valence electrons. The van der Waals surface area contributed by atoms with Crippen LogP contribution in [0.5, 0.6) is 11.5 Å². The van der Waals surface area contributed by atoms with Crippen LogP contribution in [0.2, 0.25) is 0 Å². The molecule has 0 spiro atoms. The molecule has 0 N–H and O–H groups in total. The lowest BCUT2D eigenvalue weighted by Crippen LogP contribution is -2.47. The summed E-state index contributed by atoms with van der Waals surface area (Å²) in [6.07, 6.45) is 0. The Morgan fingerprint density at radius 3 is 2.42 bits per heavy atom. The highest BCUT2D eigenvalue weighted by molar-refractivity contribution is 5.42. The normalized spacial score (nSPS) is 17.1. The lowest BCUT2D eigenvalue weighted by molar-refractivity contribution is -0.113. The maximum absolute atomic E-state index is 5.33. The summed E-state index contributed by atoms with van der Waals surface area (Å²) in [6.45, 7) is 5.94. The van der Waals surface area contributed by atoms with Gasteiger partial charge in [0, 0.05) is 18.5 Å². The van der Waals surface area contributed by atoms with E-state index in [1.165, 1.54) is 5.56 Å². The van der Waals surface area contributed by atoms with Crippen LogP contribution in [0.15, 0.2) is 18.2 Å².